The number of hydrogen-bond acceptors (Lipinski definition) is 1. The Morgan fingerprint density at radius 2 is 0.804 bits per heavy atom. The minimum Gasteiger partial charge on any atom is -0.455 e. The summed E-state index contributed by atoms with van der Waals surface area (Å²) in [5.74, 6) is 0. The van der Waals surface area contributed by atoms with Gasteiger partial charge in [-0.3, -0.25) is 0 Å². The Labute approximate surface area is 293 Å². The molecule has 0 aliphatic heterocycles. The van der Waals surface area contributed by atoms with Gasteiger partial charge in [-0.1, -0.05) is 109 Å². The highest BCUT2D eigenvalue weighted by Crippen LogP contribution is 2.42. The number of nitrogens with zero attached hydrogens (tertiary/aromatic N) is 2. The summed E-state index contributed by atoms with van der Waals surface area (Å²) in [7, 11) is 0. The maximum Gasteiger partial charge on any atom is 0.145 e. The molecule has 3 heteroatoms. The molecule has 0 radical (unpaired) electrons. The molecule has 0 unspecified atom stereocenters. The molecule has 0 amide bonds. The molecule has 0 aliphatic carbocycles. The average molecular weight is 651 g/mol. The molecule has 8 aromatic carbocycles. The van der Waals surface area contributed by atoms with Crippen molar-refractivity contribution < 1.29 is 4.42 Å². The minimum absolute atomic E-state index is 0.912. The fourth-order valence-electron chi connectivity index (χ4n) is 8.18. The topological polar surface area (TPSA) is 23.0 Å². The summed E-state index contributed by atoms with van der Waals surface area (Å²) in [6.07, 6.45) is 0. The van der Waals surface area contributed by atoms with Crippen molar-refractivity contribution >= 4 is 65.6 Å². The van der Waals surface area contributed by atoms with E-state index in [0.29, 0.717) is 0 Å². The number of aromatic nitrogens is 2. The lowest BCUT2D eigenvalue weighted by Gasteiger charge is -2.09. The van der Waals surface area contributed by atoms with Gasteiger partial charge in [-0.25, -0.2) is 0 Å². The van der Waals surface area contributed by atoms with Gasteiger partial charge in [-0.15, -0.1) is 0 Å². The average Bonchev–Trinajstić information content (AvgIpc) is 3.86. The minimum atomic E-state index is 0.912. The fraction of sp³-hybridized carbons (Fsp3) is 0. The molecule has 0 bridgehead atoms. The normalized spacial score (nSPS) is 11.9. The Balaban J connectivity index is 1.05. The lowest BCUT2D eigenvalue weighted by atomic mass is 9.98. The maximum absolute atomic E-state index is 6.60. The van der Waals surface area contributed by atoms with Crippen LogP contribution in [-0.4, -0.2) is 9.13 Å². The SMILES string of the molecule is c1ccc(-n2c3ccccc3c3cc(-c4ccc(-c5ccc6c(c5)c5c7oc8ccccc8c7ccc5n6-c5ccccc5)cc4)ccc32)cc1. The lowest BCUT2D eigenvalue weighted by Crippen LogP contribution is -1.93. The van der Waals surface area contributed by atoms with Gasteiger partial charge in [-0.05, 0) is 95.1 Å². The molecule has 3 heterocycles. The second kappa shape index (κ2) is 10.8. The van der Waals surface area contributed by atoms with Gasteiger partial charge in [0.25, 0.3) is 0 Å². The second-order valence-electron chi connectivity index (χ2n) is 13.3. The van der Waals surface area contributed by atoms with E-state index in [2.05, 4.69) is 185 Å². The van der Waals surface area contributed by atoms with E-state index in [-0.39, 0.29) is 0 Å². The summed E-state index contributed by atoms with van der Waals surface area (Å²) in [6.45, 7) is 0. The van der Waals surface area contributed by atoms with Gasteiger partial charge in [0, 0.05) is 38.3 Å². The quantitative estimate of drug-likeness (QED) is 0.186. The zero-order chi connectivity index (χ0) is 33.5. The highest BCUT2D eigenvalue weighted by molar-refractivity contribution is 6.24. The van der Waals surface area contributed by atoms with Crippen LogP contribution in [0.4, 0.5) is 0 Å². The van der Waals surface area contributed by atoms with E-state index in [1.54, 1.807) is 0 Å². The summed E-state index contributed by atoms with van der Waals surface area (Å²) in [6, 6.07) is 65.4. The van der Waals surface area contributed by atoms with Crippen LogP contribution >= 0.6 is 0 Å². The molecular weight excluding hydrogens is 621 g/mol. The Kier molecular flexibility index (Phi) is 5.96. The molecule has 0 saturated heterocycles. The standard InChI is InChI=1S/C48H30N2O/c1-3-11-35(12-4-1)49-42-17-9-7-15-37(42)40-29-33(23-26-43(40)49)31-19-21-32(22-20-31)34-24-27-44-41(30-34)47-45(50(44)36-13-5-2-6-14-36)28-25-39-38-16-8-10-18-46(38)51-48(39)47/h1-30H. The Morgan fingerprint density at radius 1 is 0.314 bits per heavy atom. The van der Waals surface area contributed by atoms with Crippen LogP contribution in [0.2, 0.25) is 0 Å². The number of para-hydroxylation sites is 4. The van der Waals surface area contributed by atoms with Gasteiger partial charge in [0.15, 0.2) is 0 Å². The monoisotopic (exact) mass is 650 g/mol. The molecule has 0 aliphatic rings. The molecule has 238 valence electrons. The van der Waals surface area contributed by atoms with Crippen molar-refractivity contribution in [2.24, 2.45) is 0 Å². The summed E-state index contributed by atoms with van der Waals surface area (Å²) in [5, 5.41) is 7.13. The van der Waals surface area contributed by atoms with Crippen LogP contribution in [0, 0.1) is 0 Å². The zero-order valence-corrected chi connectivity index (χ0v) is 27.6. The zero-order valence-electron chi connectivity index (χ0n) is 27.6. The first-order chi connectivity index (χ1) is 25.3. The highest BCUT2D eigenvalue weighted by Gasteiger charge is 2.19. The maximum atomic E-state index is 6.60. The van der Waals surface area contributed by atoms with Crippen molar-refractivity contribution in [3.63, 3.8) is 0 Å². The summed E-state index contributed by atoms with van der Waals surface area (Å²) >= 11 is 0. The number of furan rings is 1. The summed E-state index contributed by atoms with van der Waals surface area (Å²) in [4.78, 5) is 0. The predicted molar refractivity (Wildman–Crippen MR) is 213 cm³/mol. The van der Waals surface area contributed by atoms with Crippen LogP contribution in [-0.2, 0) is 0 Å². The predicted octanol–water partition coefficient (Wildman–Crippen LogP) is 13.1. The third kappa shape index (κ3) is 4.19. The number of fused-ring (bicyclic) bond motifs is 10. The molecule has 0 atom stereocenters. The van der Waals surface area contributed by atoms with Crippen LogP contribution in [0.1, 0.15) is 0 Å². The largest absolute Gasteiger partial charge is 0.455 e. The molecule has 0 N–H and O–H groups in total. The van der Waals surface area contributed by atoms with E-state index in [1.165, 1.54) is 55.1 Å². The van der Waals surface area contributed by atoms with Gasteiger partial charge in [0.1, 0.15) is 11.2 Å². The second-order valence-corrected chi connectivity index (χ2v) is 13.3. The first-order valence-corrected chi connectivity index (χ1v) is 17.4. The Hall–Kier alpha value is -6.84. The number of benzene rings is 8. The van der Waals surface area contributed by atoms with E-state index in [0.717, 1.165) is 44.0 Å². The van der Waals surface area contributed by atoms with Gasteiger partial charge >= 0.3 is 0 Å². The Morgan fingerprint density at radius 3 is 1.49 bits per heavy atom. The molecule has 0 spiro atoms. The summed E-state index contributed by atoms with van der Waals surface area (Å²) < 4.78 is 11.3. The van der Waals surface area contributed by atoms with E-state index in [1.807, 2.05) is 6.07 Å². The van der Waals surface area contributed by atoms with Gasteiger partial charge in [0.05, 0.1) is 27.5 Å². The Bertz CT molecular complexity index is 3110. The highest BCUT2D eigenvalue weighted by atomic mass is 16.3. The van der Waals surface area contributed by atoms with Crippen molar-refractivity contribution in [1.82, 2.24) is 9.13 Å². The van der Waals surface area contributed by atoms with Crippen molar-refractivity contribution in [2.45, 2.75) is 0 Å². The van der Waals surface area contributed by atoms with Crippen LogP contribution < -0.4 is 0 Å². The molecule has 11 aromatic rings. The molecule has 51 heavy (non-hydrogen) atoms. The van der Waals surface area contributed by atoms with E-state index < -0.39 is 0 Å². The third-order valence-electron chi connectivity index (χ3n) is 10.5. The van der Waals surface area contributed by atoms with E-state index in [9.17, 15) is 0 Å². The number of rotatable bonds is 4. The molecule has 3 nitrogen and oxygen atoms in total. The van der Waals surface area contributed by atoms with Gasteiger partial charge in [0.2, 0.25) is 0 Å². The van der Waals surface area contributed by atoms with Crippen LogP contribution in [0.5, 0.6) is 0 Å². The van der Waals surface area contributed by atoms with Crippen LogP contribution in [0.25, 0.3) is 99.2 Å². The lowest BCUT2D eigenvalue weighted by molar-refractivity contribution is 0.673. The number of hydrogen-bond donors (Lipinski definition) is 0. The van der Waals surface area contributed by atoms with Gasteiger partial charge in [-0.2, -0.15) is 0 Å². The van der Waals surface area contributed by atoms with Crippen molar-refractivity contribution in [2.75, 3.05) is 0 Å². The van der Waals surface area contributed by atoms with E-state index >= 15 is 0 Å². The van der Waals surface area contributed by atoms with Crippen molar-refractivity contribution in [3.05, 3.63) is 182 Å². The van der Waals surface area contributed by atoms with Crippen LogP contribution in [0.3, 0.4) is 0 Å². The molecule has 11 rings (SSSR count). The first-order valence-electron chi connectivity index (χ1n) is 17.4. The van der Waals surface area contributed by atoms with Crippen molar-refractivity contribution in [1.29, 1.82) is 0 Å². The molecule has 0 saturated carbocycles. The molecular formula is C48H30N2O. The van der Waals surface area contributed by atoms with Crippen LogP contribution in [0.15, 0.2) is 186 Å². The smallest absolute Gasteiger partial charge is 0.145 e. The van der Waals surface area contributed by atoms with Crippen molar-refractivity contribution in [3.8, 4) is 33.6 Å². The molecule has 0 fully saturated rings. The fourth-order valence-corrected chi connectivity index (χ4v) is 8.18. The third-order valence-corrected chi connectivity index (χ3v) is 10.5. The summed E-state index contributed by atoms with van der Waals surface area (Å²) in [5.41, 5.74) is 13.6. The molecule has 3 aromatic heterocycles. The van der Waals surface area contributed by atoms with E-state index in [4.69, 9.17) is 4.42 Å². The van der Waals surface area contributed by atoms with Gasteiger partial charge < -0.3 is 13.6 Å². The first kappa shape index (κ1) is 28.0.